The number of ether oxygens (including phenoxy) is 1. The van der Waals surface area contributed by atoms with Crippen molar-refractivity contribution in [3.63, 3.8) is 0 Å². The molecule has 0 aromatic rings. The van der Waals surface area contributed by atoms with Crippen LogP contribution in [0.3, 0.4) is 0 Å². The van der Waals surface area contributed by atoms with Crippen LogP contribution >= 0.6 is 11.8 Å². The molecule has 0 aliphatic carbocycles. The van der Waals surface area contributed by atoms with Gasteiger partial charge in [-0.3, -0.25) is 9.59 Å². The van der Waals surface area contributed by atoms with Crippen molar-refractivity contribution in [2.75, 3.05) is 38.2 Å². The Labute approximate surface area is 122 Å². The van der Waals surface area contributed by atoms with Crippen LogP contribution in [0.4, 0.5) is 4.79 Å². The summed E-state index contributed by atoms with van der Waals surface area (Å²) in [5, 5.41) is 8.91. The lowest BCUT2D eigenvalue weighted by atomic mass is 10.2. The van der Waals surface area contributed by atoms with Gasteiger partial charge >= 0.3 is 18.0 Å². The lowest BCUT2D eigenvalue weighted by molar-refractivity contribution is -0.142. The molecule has 1 unspecified atom stereocenters. The van der Waals surface area contributed by atoms with Gasteiger partial charge in [0.2, 0.25) is 0 Å². The van der Waals surface area contributed by atoms with Gasteiger partial charge in [-0.1, -0.05) is 0 Å². The standard InChI is InChI=1S/C12H20N2O5S/c1-3-13(7-11(17)19-2)12(18)14-4-5-20-8-9(14)6-10(15)16/h9H,3-8H2,1-2H3,(H,15,16). The van der Waals surface area contributed by atoms with E-state index in [0.717, 1.165) is 5.75 Å². The molecule has 1 aliphatic rings. The molecule has 8 heteroatoms. The number of thioether (sulfide) groups is 1. The molecule has 2 amide bonds. The number of nitrogens with zero attached hydrogens (tertiary/aromatic N) is 2. The Bertz CT molecular complexity index is 377. The lowest BCUT2D eigenvalue weighted by Crippen LogP contribution is -2.53. The second-order valence-electron chi connectivity index (χ2n) is 4.39. The Kier molecular flexibility index (Phi) is 6.63. The monoisotopic (exact) mass is 304 g/mol. The molecule has 1 heterocycles. The van der Waals surface area contributed by atoms with E-state index in [9.17, 15) is 14.4 Å². The Balaban J connectivity index is 2.73. The number of aliphatic carboxylic acids is 1. The summed E-state index contributed by atoms with van der Waals surface area (Å²) in [4.78, 5) is 37.5. The minimum Gasteiger partial charge on any atom is -0.481 e. The normalized spacial score (nSPS) is 18.5. The van der Waals surface area contributed by atoms with Crippen LogP contribution in [-0.2, 0) is 14.3 Å². The van der Waals surface area contributed by atoms with Gasteiger partial charge < -0.3 is 19.6 Å². The molecule has 7 nitrogen and oxygen atoms in total. The highest BCUT2D eigenvalue weighted by atomic mass is 32.2. The second-order valence-corrected chi connectivity index (χ2v) is 5.54. The topological polar surface area (TPSA) is 87.2 Å². The van der Waals surface area contributed by atoms with Crippen molar-refractivity contribution in [2.24, 2.45) is 0 Å². The van der Waals surface area contributed by atoms with Gasteiger partial charge in [0.05, 0.1) is 19.6 Å². The number of amides is 2. The smallest absolute Gasteiger partial charge is 0.325 e. The zero-order valence-electron chi connectivity index (χ0n) is 11.7. The van der Waals surface area contributed by atoms with E-state index < -0.39 is 11.9 Å². The summed E-state index contributed by atoms with van der Waals surface area (Å²) in [7, 11) is 1.27. The first kappa shape index (κ1) is 16.6. The first-order valence-corrected chi connectivity index (χ1v) is 7.57. The minimum absolute atomic E-state index is 0.0749. The van der Waals surface area contributed by atoms with Gasteiger partial charge in [-0.2, -0.15) is 11.8 Å². The molecule has 1 atom stereocenters. The van der Waals surface area contributed by atoms with E-state index in [1.807, 2.05) is 0 Å². The highest BCUT2D eigenvalue weighted by Gasteiger charge is 2.31. The predicted octanol–water partition coefficient (Wildman–Crippen LogP) is 0.493. The van der Waals surface area contributed by atoms with Gasteiger partial charge in [-0.05, 0) is 6.92 Å². The van der Waals surface area contributed by atoms with Crippen LogP contribution in [0.1, 0.15) is 13.3 Å². The van der Waals surface area contributed by atoms with Crippen LogP contribution < -0.4 is 0 Å². The molecule has 0 aromatic heterocycles. The van der Waals surface area contributed by atoms with Crippen LogP contribution in [0.5, 0.6) is 0 Å². The Morgan fingerprint density at radius 1 is 1.45 bits per heavy atom. The van der Waals surface area contributed by atoms with Gasteiger partial charge in [-0.15, -0.1) is 0 Å². The van der Waals surface area contributed by atoms with Crippen molar-refractivity contribution in [3.05, 3.63) is 0 Å². The predicted molar refractivity (Wildman–Crippen MR) is 74.7 cm³/mol. The summed E-state index contributed by atoms with van der Waals surface area (Å²) in [6.07, 6.45) is -0.0749. The summed E-state index contributed by atoms with van der Waals surface area (Å²) in [6, 6.07) is -0.630. The lowest BCUT2D eigenvalue weighted by Gasteiger charge is -2.37. The van der Waals surface area contributed by atoms with Crippen molar-refractivity contribution in [1.29, 1.82) is 0 Å². The van der Waals surface area contributed by atoms with E-state index in [1.165, 1.54) is 12.0 Å². The van der Waals surface area contributed by atoms with E-state index in [1.54, 1.807) is 23.6 Å². The maximum Gasteiger partial charge on any atom is 0.325 e. The molecule has 1 saturated heterocycles. The number of methoxy groups -OCH3 is 1. The highest BCUT2D eigenvalue weighted by molar-refractivity contribution is 7.99. The van der Waals surface area contributed by atoms with E-state index in [0.29, 0.717) is 18.8 Å². The largest absolute Gasteiger partial charge is 0.481 e. The van der Waals surface area contributed by atoms with Crippen LogP contribution in [0.15, 0.2) is 0 Å². The summed E-state index contributed by atoms with van der Waals surface area (Å²) in [5.74, 6) is -0.0291. The second kappa shape index (κ2) is 7.98. The third-order valence-electron chi connectivity index (χ3n) is 3.08. The van der Waals surface area contributed by atoms with Crippen molar-refractivity contribution < 1.29 is 24.2 Å². The number of carboxylic acid groups (broad SMARTS) is 1. The molecular formula is C12H20N2O5S. The highest BCUT2D eigenvalue weighted by Crippen LogP contribution is 2.20. The number of carbonyl (C=O) groups excluding carboxylic acids is 2. The van der Waals surface area contributed by atoms with E-state index in [2.05, 4.69) is 4.74 Å². The Morgan fingerprint density at radius 3 is 2.70 bits per heavy atom. The average molecular weight is 304 g/mol. The van der Waals surface area contributed by atoms with E-state index in [-0.39, 0.29) is 25.0 Å². The number of hydrogen-bond donors (Lipinski definition) is 1. The number of rotatable bonds is 5. The van der Waals surface area contributed by atoms with Crippen molar-refractivity contribution in [1.82, 2.24) is 9.80 Å². The minimum atomic E-state index is -0.925. The Morgan fingerprint density at radius 2 is 2.15 bits per heavy atom. The first-order valence-electron chi connectivity index (χ1n) is 6.41. The van der Waals surface area contributed by atoms with Gasteiger partial charge in [0.15, 0.2) is 0 Å². The molecule has 1 fully saturated rings. The van der Waals surface area contributed by atoms with E-state index in [4.69, 9.17) is 5.11 Å². The van der Waals surface area contributed by atoms with Crippen LogP contribution in [0.25, 0.3) is 0 Å². The molecule has 0 saturated carbocycles. The molecule has 0 spiro atoms. The quantitative estimate of drug-likeness (QED) is 0.744. The SMILES string of the molecule is CCN(CC(=O)OC)C(=O)N1CCSCC1CC(=O)O. The van der Waals surface area contributed by atoms with Gasteiger partial charge in [0.25, 0.3) is 0 Å². The van der Waals surface area contributed by atoms with Crippen molar-refractivity contribution in [2.45, 2.75) is 19.4 Å². The molecule has 0 bridgehead atoms. The van der Waals surface area contributed by atoms with Crippen molar-refractivity contribution >= 4 is 29.7 Å². The van der Waals surface area contributed by atoms with Gasteiger partial charge in [0, 0.05) is 24.6 Å². The fraction of sp³-hybridized carbons (Fsp3) is 0.750. The maximum atomic E-state index is 12.4. The number of esters is 1. The third kappa shape index (κ3) is 4.59. The number of carboxylic acids is 1. The maximum absolute atomic E-state index is 12.4. The average Bonchev–Trinajstić information content (AvgIpc) is 2.43. The summed E-state index contributed by atoms with van der Waals surface area (Å²) in [5.41, 5.74) is 0. The zero-order chi connectivity index (χ0) is 15.1. The number of hydrogen-bond acceptors (Lipinski definition) is 5. The fourth-order valence-electron chi connectivity index (χ4n) is 1.99. The summed E-state index contributed by atoms with van der Waals surface area (Å²) in [6.45, 7) is 2.53. The first-order chi connectivity index (χ1) is 9.49. The molecule has 1 aliphatic heterocycles. The number of carbonyl (C=O) groups is 3. The van der Waals surface area contributed by atoms with Gasteiger partial charge in [-0.25, -0.2) is 4.79 Å². The molecule has 114 valence electrons. The molecule has 0 radical (unpaired) electrons. The number of urea groups is 1. The van der Waals surface area contributed by atoms with Crippen LogP contribution in [0, 0.1) is 0 Å². The molecule has 1 rings (SSSR count). The summed E-state index contributed by atoms with van der Waals surface area (Å²) < 4.78 is 4.56. The molecular weight excluding hydrogens is 284 g/mol. The van der Waals surface area contributed by atoms with Gasteiger partial charge in [0.1, 0.15) is 6.54 Å². The van der Waals surface area contributed by atoms with E-state index >= 15 is 0 Å². The Hall–Kier alpha value is -1.44. The van der Waals surface area contributed by atoms with Crippen molar-refractivity contribution in [3.8, 4) is 0 Å². The molecule has 1 N–H and O–H groups in total. The number of likely N-dealkylation sites (N-methyl/N-ethyl adjacent to an activating group) is 1. The third-order valence-corrected chi connectivity index (χ3v) is 4.18. The summed E-state index contributed by atoms with van der Waals surface area (Å²) >= 11 is 1.64. The zero-order valence-corrected chi connectivity index (χ0v) is 12.5. The van der Waals surface area contributed by atoms with Crippen LogP contribution in [-0.4, -0.2) is 77.2 Å². The molecule has 0 aromatic carbocycles. The molecule has 20 heavy (non-hydrogen) atoms. The van der Waals surface area contributed by atoms with Crippen LogP contribution in [0.2, 0.25) is 0 Å². The fourth-order valence-corrected chi connectivity index (χ4v) is 3.06.